The first-order valence-corrected chi connectivity index (χ1v) is 7.97. The van der Waals surface area contributed by atoms with E-state index in [0.29, 0.717) is 17.1 Å². The molecule has 6 nitrogen and oxygen atoms in total. The lowest BCUT2D eigenvalue weighted by Gasteiger charge is -2.33. The van der Waals surface area contributed by atoms with Gasteiger partial charge in [0.05, 0.1) is 0 Å². The average Bonchev–Trinajstić information content (AvgIpc) is 3.16. The highest BCUT2D eigenvalue weighted by molar-refractivity contribution is 5.85. The summed E-state index contributed by atoms with van der Waals surface area (Å²) in [7, 11) is 0. The smallest absolute Gasteiger partial charge is 0.258 e. The molecule has 0 radical (unpaired) electrons. The van der Waals surface area contributed by atoms with Gasteiger partial charge in [0.15, 0.2) is 5.82 Å². The van der Waals surface area contributed by atoms with Gasteiger partial charge in [0, 0.05) is 24.8 Å². The minimum absolute atomic E-state index is 0. The van der Waals surface area contributed by atoms with E-state index in [0.717, 1.165) is 37.6 Å². The lowest BCUT2D eigenvalue weighted by atomic mass is 9.78. The molecular formula is C16H22ClN5O. The van der Waals surface area contributed by atoms with Gasteiger partial charge in [-0.25, -0.2) is 4.98 Å². The summed E-state index contributed by atoms with van der Waals surface area (Å²) in [6.07, 6.45) is 5.63. The van der Waals surface area contributed by atoms with Crippen molar-refractivity contribution >= 4 is 18.2 Å². The minimum Gasteiger partial charge on any atom is -0.356 e. The number of hydrogen-bond acceptors (Lipinski definition) is 6. The van der Waals surface area contributed by atoms with Crippen LogP contribution in [0.5, 0.6) is 0 Å². The largest absolute Gasteiger partial charge is 0.356 e. The number of nitrogens with zero attached hydrogens (tertiary/aromatic N) is 4. The highest BCUT2D eigenvalue weighted by atomic mass is 35.5. The molecule has 2 aliphatic rings. The molecule has 23 heavy (non-hydrogen) atoms. The van der Waals surface area contributed by atoms with Gasteiger partial charge in [0.2, 0.25) is 0 Å². The van der Waals surface area contributed by atoms with Crippen LogP contribution in [-0.2, 0) is 0 Å². The van der Waals surface area contributed by atoms with E-state index in [1.54, 1.807) is 0 Å². The van der Waals surface area contributed by atoms with Gasteiger partial charge >= 0.3 is 0 Å². The number of aromatic nitrogens is 3. The van der Waals surface area contributed by atoms with E-state index < -0.39 is 0 Å². The molecule has 7 heteroatoms. The first-order chi connectivity index (χ1) is 10.7. The van der Waals surface area contributed by atoms with Crippen molar-refractivity contribution in [2.45, 2.75) is 26.2 Å². The van der Waals surface area contributed by atoms with Gasteiger partial charge in [-0.05, 0) is 56.8 Å². The lowest BCUT2D eigenvalue weighted by molar-refractivity contribution is 0.232. The van der Waals surface area contributed by atoms with Crippen LogP contribution in [0.3, 0.4) is 0 Å². The molecule has 2 saturated heterocycles. The number of aryl methyl sites for hydroxylation is 1. The van der Waals surface area contributed by atoms with Crippen molar-refractivity contribution in [1.82, 2.24) is 20.4 Å². The molecule has 0 aromatic carbocycles. The van der Waals surface area contributed by atoms with Gasteiger partial charge in [-0.1, -0.05) is 5.16 Å². The first-order valence-electron chi connectivity index (χ1n) is 7.97. The predicted octanol–water partition coefficient (Wildman–Crippen LogP) is 2.44. The first kappa shape index (κ1) is 16.2. The normalized spacial score (nSPS) is 19.8. The maximum absolute atomic E-state index is 5.26. The van der Waals surface area contributed by atoms with Crippen LogP contribution >= 0.6 is 12.4 Å². The number of anilines is 1. The van der Waals surface area contributed by atoms with Gasteiger partial charge in [-0.15, -0.1) is 12.4 Å². The summed E-state index contributed by atoms with van der Waals surface area (Å²) in [5.74, 6) is 2.24. The molecule has 2 fully saturated rings. The second-order valence-electron chi connectivity index (χ2n) is 6.47. The summed E-state index contributed by atoms with van der Waals surface area (Å²) in [6.45, 7) is 6.30. The SMILES string of the molecule is Cc1noc(-c2ccnc(N3CCC4(CCNCC4)C3)c2)n1.Cl. The average molecular weight is 336 g/mol. The molecule has 0 saturated carbocycles. The summed E-state index contributed by atoms with van der Waals surface area (Å²) in [6, 6.07) is 3.99. The van der Waals surface area contributed by atoms with E-state index in [-0.39, 0.29) is 12.4 Å². The van der Waals surface area contributed by atoms with Crippen molar-refractivity contribution in [1.29, 1.82) is 0 Å². The number of hydrogen-bond donors (Lipinski definition) is 1. The molecule has 0 atom stereocenters. The number of pyridine rings is 1. The molecule has 0 aliphatic carbocycles. The highest BCUT2D eigenvalue weighted by Crippen LogP contribution is 2.40. The van der Waals surface area contributed by atoms with Crippen LogP contribution in [0.4, 0.5) is 5.82 Å². The highest BCUT2D eigenvalue weighted by Gasteiger charge is 2.39. The van der Waals surface area contributed by atoms with Crippen molar-refractivity contribution in [3.05, 3.63) is 24.2 Å². The van der Waals surface area contributed by atoms with E-state index in [2.05, 4.69) is 31.4 Å². The van der Waals surface area contributed by atoms with Crippen molar-refractivity contribution < 1.29 is 4.52 Å². The van der Waals surface area contributed by atoms with Crippen LogP contribution in [0, 0.1) is 12.3 Å². The third-order valence-electron chi connectivity index (χ3n) is 4.95. The van der Waals surface area contributed by atoms with Crippen LogP contribution < -0.4 is 10.2 Å². The molecule has 0 amide bonds. The summed E-state index contributed by atoms with van der Waals surface area (Å²) in [5.41, 5.74) is 1.42. The number of rotatable bonds is 2. The fraction of sp³-hybridized carbons (Fsp3) is 0.562. The Labute approximate surface area is 142 Å². The Morgan fingerprint density at radius 2 is 2.09 bits per heavy atom. The van der Waals surface area contributed by atoms with Crippen molar-refractivity contribution in [3.63, 3.8) is 0 Å². The van der Waals surface area contributed by atoms with E-state index in [1.165, 1.54) is 19.3 Å². The molecule has 4 heterocycles. The Morgan fingerprint density at radius 1 is 1.26 bits per heavy atom. The fourth-order valence-electron chi connectivity index (χ4n) is 3.63. The monoisotopic (exact) mass is 335 g/mol. The summed E-state index contributed by atoms with van der Waals surface area (Å²) in [4.78, 5) is 11.3. The molecular weight excluding hydrogens is 314 g/mol. The summed E-state index contributed by atoms with van der Waals surface area (Å²) < 4.78 is 5.26. The lowest BCUT2D eigenvalue weighted by Crippen LogP contribution is -2.38. The molecule has 0 unspecified atom stereocenters. The van der Waals surface area contributed by atoms with Gasteiger partial charge in [-0.2, -0.15) is 4.98 Å². The third kappa shape index (κ3) is 3.19. The Balaban J connectivity index is 0.00000156. The third-order valence-corrected chi connectivity index (χ3v) is 4.95. The summed E-state index contributed by atoms with van der Waals surface area (Å²) >= 11 is 0. The molecule has 1 spiro atoms. The Morgan fingerprint density at radius 3 is 2.83 bits per heavy atom. The number of nitrogens with one attached hydrogen (secondary N) is 1. The van der Waals surface area contributed by atoms with Gasteiger partial charge in [-0.3, -0.25) is 0 Å². The van der Waals surface area contributed by atoms with Crippen molar-refractivity contribution in [3.8, 4) is 11.5 Å². The Kier molecular flexibility index (Phi) is 4.55. The zero-order valence-corrected chi connectivity index (χ0v) is 14.1. The van der Waals surface area contributed by atoms with Crippen LogP contribution in [0.25, 0.3) is 11.5 Å². The maximum Gasteiger partial charge on any atom is 0.258 e. The topological polar surface area (TPSA) is 67.1 Å². The zero-order chi connectivity index (χ0) is 15.0. The molecule has 2 aromatic heterocycles. The Bertz CT molecular complexity index is 668. The quantitative estimate of drug-likeness (QED) is 0.909. The van der Waals surface area contributed by atoms with Crippen LogP contribution in [0.15, 0.2) is 22.9 Å². The van der Waals surface area contributed by atoms with Crippen LogP contribution in [-0.4, -0.2) is 41.3 Å². The molecule has 1 N–H and O–H groups in total. The van der Waals surface area contributed by atoms with Crippen LogP contribution in [0.1, 0.15) is 25.1 Å². The van der Waals surface area contributed by atoms with Crippen molar-refractivity contribution in [2.24, 2.45) is 5.41 Å². The maximum atomic E-state index is 5.26. The van der Waals surface area contributed by atoms with E-state index >= 15 is 0 Å². The fourth-order valence-corrected chi connectivity index (χ4v) is 3.63. The second kappa shape index (κ2) is 6.45. The van der Waals surface area contributed by atoms with Gasteiger partial charge < -0.3 is 14.7 Å². The Hall–Kier alpha value is -1.66. The predicted molar refractivity (Wildman–Crippen MR) is 90.9 cm³/mol. The van der Waals surface area contributed by atoms with E-state index in [9.17, 15) is 0 Å². The number of halogens is 1. The molecule has 4 rings (SSSR count). The zero-order valence-electron chi connectivity index (χ0n) is 13.3. The second-order valence-corrected chi connectivity index (χ2v) is 6.47. The molecule has 2 aliphatic heterocycles. The van der Waals surface area contributed by atoms with Gasteiger partial charge in [0.25, 0.3) is 5.89 Å². The van der Waals surface area contributed by atoms with E-state index in [4.69, 9.17) is 4.52 Å². The van der Waals surface area contributed by atoms with Gasteiger partial charge in [0.1, 0.15) is 5.82 Å². The minimum atomic E-state index is 0. The molecule has 0 bridgehead atoms. The number of piperidine rings is 1. The van der Waals surface area contributed by atoms with Crippen molar-refractivity contribution in [2.75, 3.05) is 31.1 Å². The summed E-state index contributed by atoms with van der Waals surface area (Å²) in [5, 5.41) is 7.32. The standard InChI is InChI=1S/C16H21N5O.ClH/c1-12-19-15(22-20-12)13-2-6-18-14(10-13)21-9-5-16(11-21)3-7-17-8-4-16;/h2,6,10,17H,3-5,7-9,11H2,1H3;1H. The molecule has 2 aromatic rings. The van der Waals surface area contributed by atoms with E-state index in [1.807, 2.05) is 19.2 Å². The molecule has 124 valence electrons. The van der Waals surface area contributed by atoms with Crippen LogP contribution in [0.2, 0.25) is 0 Å².